The molecular formula is C17H20N6O. The summed E-state index contributed by atoms with van der Waals surface area (Å²) in [7, 11) is 0. The summed E-state index contributed by atoms with van der Waals surface area (Å²) in [5, 5.41) is 8.51. The van der Waals surface area contributed by atoms with E-state index in [1.165, 1.54) is 6.07 Å². The Labute approximate surface area is 139 Å². The van der Waals surface area contributed by atoms with Gasteiger partial charge in [-0.15, -0.1) is 10.2 Å². The summed E-state index contributed by atoms with van der Waals surface area (Å²) in [5.74, 6) is 1.51. The first-order valence-corrected chi connectivity index (χ1v) is 8.31. The number of nitrogens with zero attached hydrogens (tertiary/aromatic N) is 6. The van der Waals surface area contributed by atoms with Crippen LogP contribution in [-0.2, 0) is 13.1 Å². The smallest absolute Gasteiger partial charge is 0.253 e. The molecule has 1 fully saturated rings. The van der Waals surface area contributed by atoms with Crippen molar-refractivity contribution in [2.45, 2.75) is 25.9 Å². The molecule has 4 heterocycles. The van der Waals surface area contributed by atoms with Gasteiger partial charge in [-0.05, 0) is 44.0 Å². The Morgan fingerprint density at radius 1 is 1.12 bits per heavy atom. The van der Waals surface area contributed by atoms with Gasteiger partial charge in [0.2, 0.25) is 0 Å². The quantitative estimate of drug-likeness (QED) is 0.721. The number of likely N-dealkylation sites (tertiary alicyclic amines) is 1. The van der Waals surface area contributed by atoms with Crippen molar-refractivity contribution < 1.29 is 0 Å². The van der Waals surface area contributed by atoms with Crippen molar-refractivity contribution in [3.05, 3.63) is 59.2 Å². The van der Waals surface area contributed by atoms with Crippen LogP contribution in [0.3, 0.4) is 0 Å². The highest BCUT2D eigenvalue weighted by Gasteiger charge is 2.21. The van der Waals surface area contributed by atoms with Crippen LogP contribution in [0.25, 0.3) is 5.65 Å². The van der Waals surface area contributed by atoms with Crippen molar-refractivity contribution in [3.63, 3.8) is 0 Å². The maximum Gasteiger partial charge on any atom is 0.253 e. The first kappa shape index (κ1) is 15.0. The molecule has 3 aromatic rings. The third-order valence-electron chi connectivity index (χ3n) is 4.70. The maximum atomic E-state index is 11.8. The first-order valence-electron chi connectivity index (χ1n) is 8.31. The maximum absolute atomic E-state index is 11.8. The number of aromatic nitrogens is 5. The Morgan fingerprint density at radius 2 is 2.00 bits per heavy atom. The highest BCUT2D eigenvalue weighted by atomic mass is 16.1. The Bertz CT molecular complexity index is 878. The zero-order valence-corrected chi connectivity index (χ0v) is 13.5. The molecule has 1 aliphatic heterocycles. The second-order valence-corrected chi connectivity index (χ2v) is 6.34. The van der Waals surface area contributed by atoms with Crippen LogP contribution in [0.2, 0.25) is 0 Å². The molecule has 0 radical (unpaired) electrons. The van der Waals surface area contributed by atoms with Crippen LogP contribution in [0.15, 0.2) is 47.8 Å². The van der Waals surface area contributed by atoms with E-state index in [1.54, 1.807) is 17.1 Å². The lowest BCUT2D eigenvalue weighted by Gasteiger charge is -2.31. The number of fused-ring (bicyclic) bond motifs is 1. The van der Waals surface area contributed by atoms with Gasteiger partial charge in [0.1, 0.15) is 0 Å². The Morgan fingerprint density at radius 3 is 2.83 bits per heavy atom. The average molecular weight is 324 g/mol. The zero-order valence-electron chi connectivity index (χ0n) is 13.5. The van der Waals surface area contributed by atoms with Crippen LogP contribution in [-0.4, -0.2) is 42.1 Å². The van der Waals surface area contributed by atoms with E-state index >= 15 is 0 Å². The third kappa shape index (κ3) is 3.07. The molecule has 7 heteroatoms. The van der Waals surface area contributed by atoms with Gasteiger partial charge in [-0.1, -0.05) is 6.07 Å². The Balaban J connectivity index is 1.36. The Hall–Kier alpha value is -2.54. The lowest BCUT2D eigenvalue weighted by Crippen LogP contribution is -2.36. The highest BCUT2D eigenvalue weighted by Crippen LogP contribution is 2.20. The van der Waals surface area contributed by atoms with Gasteiger partial charge < -0.3 is 0 Å². The molecule has 0 N–H and O–H groups in total. The van der Waals surface area contributed by atoms with Gasteiger partial charge in [0, 0.05) is 25.0 Å². The van der Waals surface area contributed by atoms with Crippen LogP contribution in [0.4, 0.5) is 0 Å². The van der Waals surface area contributed by atoms with E-state index in [0.29, 0.717) is 5.92 Å². The standard InChI is InChI=1S/C17H20N6O/c24-17-4-7-18-13-22(17)11-14-5-9-21(10-6-14)12-16-20-19-15-3-1-2-8-23(15)16/h1-4,7-8,13-14H,5-6,9-12H2. The number of pyridine rings is 1. The van der Waals surface area contributed by atoms with Crippen LogP contribution in [0.5, 0.6) is 0 Å². The topological polar surface area (TPSA) is 68.3 Å². The summed E-state index contributed by atoms with van der Waals surface area (Å²) in [5.41, 5.74) is 0.917. The molecular weight excluding hydrogens is 304 g/mol. The molecule has 4 rings (SSSR count). The molecule has 0 aromatic carbocycles. The van der Waals surface area contributed by atoms with Crippen LogP contribution >= 0.6 is 0 Å². The lowest BCUT2D eigenvalue weighted by molar-refractivity contribution is 0.162. The highest BCUT2D eigenvalue weighted by molar-refractivity contribution is 5.36. The van der Waals surface area contributed by atoms with Gasteiger partial charge in [-0.2, -0.15) is 0 Å². The molecule has 3 aromatic heterocycles. The van der Waals surface area contributed by atoms with Gasteiger partial charge >= 0.3 is 0 Å². The molecule has 0 saturated carbocycles. The molecule has 124 valence electrons. The van der Waals surface area contributed by atoms with E-state index in [9.17, 15) is 4.79 Å². The average Bonchev–Trinajstić information content (AvgIpc) is 3.02. The molecule has 0 aliphatic carbocycles. The molecule has 0 unspecified atom stereocenters. The van der Waals surface area contributed by atoms with E-state index in [4.69, 9.17) is 0 Å². The fourth-order valence-electron chi connectivity index (χ4n) is 3.32. The number of piperidine rings is 1. The second kappa shape index (κ2) is 6.52. The van der Waals surface area contributed by atoms with Gasteiger partial charge in [0.05, 0.1) is 12.9 Å². The Kier molecular flexibility index (Phi) is 4.08. The van der Waals surface area contributed by atoms with Gasteiger partial charge in [-0.25, -0.2) is 4.98 Å². The lowest BCUT2D eigenvalue weighted by atomic mass is 9.96. The van der Waals surface area contributed by atoms with E-state index in [2.05, 4.69) is 20.1 Å². The molecule has 0 atom stereocenters. The summed E-state index contributed by atoms with van der Waals surface area (Å²) < 4.78 is 3.76. The number of hydrogen-bond donors (Lipinski definition) is 0. The van der Waals surface area contributed by atoms with E-state index in [1.807, 2.05) is 28.8 Å². The van der Waals surface area contributed by atoms with E-state index in [0.717, 1.165) is 50.5 Å². The summed E-state index contributed by atoms with van der Waals surface area (Å²) in [6, 6.07) is 7.46. The minimum absolute atomic E-state index is 0.0300. The molecule has 0 amide bonds. The normalized spacial score (nSPS) is 16.7. The largest absolute Gasteiger partial charge is 0.299 e. The fourth-order valence-corrected chi connectivity index (χ4v) is 3.32. The summed E-state index contributed by atoms with van der Waals surface area (Å²) in [4.78, 5) is 18.2. The zero-order chi connectivity index (χ0) is 16.4. The molecule has 7 nitrogen and oxygen atoms in total. The molecule has 0 bridgehead atoms. The fraction of sp³-hybridized carbons (Fsp3) is 0.412. The number of rotatable bonds is 4. The SMILES string of the molecule is O=c1ccncn1CC1CCN(Cc2nnc3ccccn23)CC1. The molecule has 0 spiro atoms. The van der Waals surface area contributed by atoms with E-state index < -0.39 is 0 Å². The third-order valence-corrected chi connectivity index (χ3v) is 4.70. The molecule has 1 aliphatic rings. The predicted octanol–water partition coefficient (Wildman–Crippen LogP) is 1.20. The van der Waals surface area contributed by atoms with Crippen molar-refractivity contribution in [1.29, 1.82) is 0 Å². The van der Waals surface area contributed by atoms with Gasteiger partial charge in [-0.3, -0.25) is 18.7 Å². The van der Waals surface area contributed by atoms with Crippen LogP contribution in [0.1, 0.15) is 18.7 Å². The van der Waals surface area contributed by atoms with Gasteiger partial charge in [0.25, 0.3) is 5.56 Å². The summed E-state index contributed by atoms with van der Waals surface area (Å²) in [6.45, 7) is 3.60. The monoisotopic (exact) mass is 324 g/mol. The van der Waals surface area contributed by atoms with Crippen LogP contribution in [0, 0.1) is 5.92 Å². The van der Waals surface area contributed by atoms with Crippen molar-refractivity contribution in [3.8, 4) is 0 Å². The molecule has 1 saturated heterocycles. The second-order valence-electron chi connectivity index (χ2n) is 6.34. The minimum Gasteiger partial charge on any atom is -0.299 e. The van der Waals surface area contributed by atoms with Crippen molar-refractivity contribution in [1.82, 2.24) is 29.0 Å². The van der Waals surface area contributed by atoms with Crippen molar-refractivity contribution in [2.75, 3.05) is 13.1 Å². The van der Waals surface area contributed by atoms with Gasteiger partial charge in [0.15, 0.2) is 11.5 Å². The summed E-state index contributed by atoms with van der Waals surface area (Å²) in [6.07, 6.45) is 7.35. The number of hydrogen-bond acceptors (Lipinski definition) is 5. The summed E-state index contributed by atoms with van der Waals surface area (Å²) >= 11 is 0. The van der Waals surface area contributed by atoms with Crippen molar-refractivity contribution in [2.24, 2.45) is 5.92 Å². The van der Waals surface area contributed by atoms with Crippen LogP contribution < -0.4 is 5.56 Å². The minimum atomic E-state index is 0.0300. The predicted molar refractivity (Wildman–Crippen MR) is 89.5 cm³/mol. The first-order chi connectivity index (χ1) is 11.8. The van der Waals surface area contributed by atoms with Crippen molar-refractivity contribution >= 4 is 5.65 Å². The van der Waals surface area contributed by atoms with E-state index in [-0.39, 0.29) is 5.56 Å². The molecule has 24 heavy (non-hydrogen) atoms.